The quantitative estimate of drug-likeness (QED) is 0.558. The van der Waals surface area contributed by atoms with Crippen molar-refractivity contribution >= 4 is 15.9 Å². The number of rotatable bonds is 9. The van der Waals surface area contributed by atoms with Crippen LogP contribution in [0.5, 0.6) is 0 Å². The summed E-state index contributed by atoms with van der Waals surface area (Å²) in [5, 5.41) is 3.24. The number of hydrogen-bond acceptors (Lipinski definition) is 3. The number of nitrogens with one attached hydrogen (secondary N) is 1. The number of hydrogen-bond donors (Lipinski definition) is 1. The topological polar surface area (TPSA) is 66.5 Å². The Morgan fingerprint density at radius 1 is 1.06 bits per heavy atom. The highest BCUT2D eigenvalue weighted by Gasteiger charge is 2.32. The van der Waals surface area contributed by atoms with Crippen LogP contribution in [0, 0.1) is 5.92 Å². The van der Waals surface area contributed by atoms with Gasteiger partial charge in [0, 0.05) is 13.1 Å². The van der Waals surface area contributed by atoms with Crippen LogP contribution in [0.15, 0.2) is 48.5 Å². The molecule has 1 saturated heterocycles. The Morgan fingerprint density at radius 3 is 2.59 bits per heavy atom. The van der Waals surface area contributed by atoms with Gasteiger partial charge in [0.15, 0.2) is 0 Å². The number of carbonyl (C=O) groups is 1. The summed E-state index contributed by atoms with van der Waals surface area (Å²) >= 11 is 0. The van der Waals surface area contributed by atoms with Gasteiger partial charge in [-0.2, -0.15) is 0 Å². The van der Waals surface area contributed by atoms with Crippen molar-refractivity contribution < 1.29 is 13.2 Å². The molecule has 2 aliphatic rings. The van der Waals surface area contributed by atoms with Crippen LogP contribution in [-0.4, -0.2) is 37.5 Å². The van der Waals surface area contributed by atoms with Crippen LogP contribution in [0.25, 0.3) is 0 Å². The molecule has 2 aromatic rings. The summed E-state index contributed by atoms with van der Waals surface area (Å²) in [7, 11) is -3.36. The summed E-state index contributed by atoms with van der Waals surface area (Å²) in [6.07, 6.45) is 8.38. The van der Waals surface area contributed by atoms with E-state index in [9.17, 15) is 13.2 Å². The highest BCUT2D eigenvalue weighted by Crippen LogP contribution is 2.27. The molecule has 1 fully saturated rings. The normalized spacial score (nSPS) is 19.9. The summed E-state index contributed by atoms with van der Waals surface area (Å²) < 4.78 is 27.5. The SMILES string of the molecule is CC[C@H](NC(=O)[C@H]1CCCN(S(=O)(=O)CCCc2ccccc2)C1)c1ccc2c(c1)CCCC2. The number of amides is 1. The van der Waals surface area contributed by atoms with Crippen molar-refractivity contribution in [2.24, 2.45) is 5.92 Å². The zero-order chi connectivity index (χ0) is 24.0. The van der Waals surface area contributed by atoms with Gasteiger partial charge < -0.3 is 5.32 Å². The summed E-state index contributed by atoms with van der Waals surface area (Å²) in [6, 6.07) is 16.6. The molecule has 2 atom stereocenters. The highest BCUT2D eigenvalue weighted by atomic mass is 32.2. The molecular formula is C28H38N2O3S. The highest BCUT2D eigenvalue weighted by molar-refractivity contribution is 7.89. The van der Waals surface area contributed by atoms with E-state index >= 15 is 0 Å². The van der Waals surface area contributed by atoms with E-state index in [0.29, 0.717) is 19.5 Å². The predicted octanol–water partition coefficient (Wildman–Crippen LogP) is 4.81. The molecule has 34 heavy (non-hydrogen) atoms. The predicted molar refractivity (Wildman–Crippen MR) is 137 cm³/mol. The lowest BCUT2D eigenvalue weighted by Crippen LogP contribution is -2.46. The van der Waals surface area contributed by atoms with Gasteiger partial charge in [-0.15, -0.1) is 0 Å². The Morgan fingerprint density at radius 2 is 1.82 bits per heavy atom. The molecule has 0 unspecified atom stereocenters. The van der Waals surface area contributed by atoms with Gasteiger partial charge in [-0.3, -0.25) is 4.79 Å². The maximum absolute atomic E-state index is 13.2. The minimum atomic E-state index is -3.36. The second kappa shape index (κ2) is 11.5. The molecule has 1 N–H and O–H groups in total. The Hall–Kier alpha value is -2.18. The standard InChI is InChI=1S/C28H38N2O3S/c1-2-27(25-17-16-23-13-6-7-14-24(23)20-25)29-28(31)26-15-8-18-30(21-26)34(32,33)19-9-12-22-10-4-3-5-11-22/h3-5,10-11,16-17,20,26-27H,2,6-9,12-15,18-19,21H2,1H3,(H,29,31)/t26-,27-/m0/s1. The van der Waals surface area contributed by atoms with Gasteiger partial charge in [0.05, 0.1) is 17.7 Å². The van der Waals surface area contributed by atoms with Gasteiger partial charge in [0.1, 0.15) is 0 Å². The molecular weight excluding hydrogens is 444 g/mol. The molecule has 2 aromatic carbocycles. The molecule has 1 aliphatic carbocycles. The fraction of sp³-hybridized carbons (Fsp3) is 0.536. The number of carbonyl (C=O) groups excluding carboxylic acids is 1. The van der Waals surface area contributed by atoms with Gasteiger partial charge in [-0.1, -0.05) is 55.5 Å². The molecule has 0 saturated carbocycles. The Balaban J connectivity index is 1.34. The molecule has 184 valence electrons. The van der Waals surface area contributed by atoms with Gasteiger partial charge in [0.25, 0.3) is 0 Å². The molecule has 0 radical (unpaired) electrons. The smallest absolute Gasteiger partial charge is 0.224 e. The number of sulfonamides is 1. The van der Waals surface area contributed by atoms with Gasteiger partial charge >= 0.3 is 0 Å². The molecule has 1 amide bonds. The zero-order valence-electron chi connectivity index (χ0n) is 20.3. The van der Waals surface area contributed by atoms with Crippen LogP contribution in [0.2, 0.25) is 0 Å². The molecule has 1 aliphatic heterocycles. The summed E-state index contributed by atoms with van der Waals surface area (Å²) in [5.41, 5.74) is 5.18. The van der Waals surface area contributed by atoms with Crippen LogP contribution in [0.1, 0.15) is 73.7 Å². The number of nitrogens with zero attached hydrogens (tertiary/aromatic N) is 1. The third-order valence-corrected chi connectivity index (χ3v) is 9.28. The van der Waals surface area contributed by atoms with Crippen molar-refractivity contribution in [3.05, 3.63) is 70.8 Å². The average Bonchev–Trinajstić information content (AvgIpc) is 2.87. The van der Waals surface area contributed by atoms with E-state index < -0.39 is 10.0 Å². The number of benzene rings is 2. The second-order valence-electron chi connectivity index (χ2n) is 9.81. The fourth-order valence-corrected chi connectivity index (χ4v) is 6.90. The minimum Gasteiger partial charge on any atom is -0.349 e. The van der Waals surface area contributed by atoms with E-state index in [0.717, 1.165) is 49.7 Å². The lowest BCUT2D eigenvalue weighted by Gasteiger charge is -2.32. The first-order chi connectivity index (χ1) is 16.5. The van der Waals surface area contributed by atoms with E-state index in [1.165, 1.54) is 24.0 Å². The van der Waals surface area contributed by atoms with Crippen LogP contribution in [0.4, 0.5) is 0 Å². The van der Waals surface area contributed by atoms with Crippen LogP contribution < -0.4 is 5.32 Å². The molecule has 4 rings (SSSR count). The Bertz CT molecular complexity index is 1070. The van der Waals surface area contributed by atoms with E-state index in [1.807, 2.05) is 30.3 Å². The molecule has 0 aromatic heterocycles. The maximum atomic E-state index is 13.2. The average molecular weight is 483 g/mol. The van der Waals surface area contributed by atoms with Crippen LogP contribution >= 0.6 is 0 Å². The third kappa shape index (κ3) is 6.28. The van der Waals surface area contributed by atoms with Crippen molar-refractivity contribution in [1.82, 2.24) is 9.62 Å². The van der Waals surface area contributed by atoms with Crippen molar-refractivity contribution in [2.75, 3.05) is 18.8 Å². The van der Waals surface area contributed by atoms with E-state index in [1.54, 1.807) is 4.31 Å². The van der Waals surface area contributed by atoms with Crippen LogP contribution in [0.3, 0.4) is 0 Å². The molecule has 1 heterocycles. The van der Waals surface area contributed by atoms with E-state index in [2.05, 4.69) is 30.4 Å². The first kappa shape index (κ1) is 24.9. The Kier molecular flexibility index (Phi) is 8.43. The second-order valence-corrected chi connectivity index (χ2v) is 11.9. The maximum Gasteiger partial charge on any atom is 0.224 e. The number of piperidine rings is 1. The van der Waals surface area contributed by atoms with Gasteiger partial charge in [-0.05, 0) is 80.0 Å². The third-order valence-electron chi connectivity index (χ3n) is 7.36. The summed E-state index contributed by atoms with van der Waals surface area (Å²) in [4.78, 5) is 13.2. The summed E-state index contributed by atoms with van der Waals surface area (Å²) in [6.45, 7) is 2.90. The number of aryl methyl sites for hydroxylation is 3. The monoisotopic (exact) mass is 482 g/mol. The first-order valence-electron chi connectivity index (χ1n) is 12.9. The lowest BCUT2D eigenvalue weighted by atomic mass is 9.88. The van der Waals surface area contributed by atoms with Crippen molar-refractivity contribution in [3.63, 3.8) is 0 Å². The van der Waals surface area contributed by atoms with E-state index in [-0.39, 0.29) is 23.6 Å². The van der Waals surface area contributed by atoms with Gasteiger partial charge in [-0.25, -0.2) is 12.7 Å². The molecule has 5 nitrogen and oxygen atoms in total. The van der Waals surface area contributed by atoms with E-state index in [4.69, 9.17) is 0 Å². The first-order valence-corrected chi connectivity index (χ1v) is 14.5. The van der Waals surface area contributed by atoms with Gasteiger partial charge in [0.2, 0.25) is 15.9 Å². The minimum absolute atomic E-state index is 0.0197. The van der Waals surface area contributed by atoms with Crippen molar-refractivity contribution in [2.45, 2.75) is 70.8 Å². The summed E-state index contributed by atoms with van der Waals surface area (Å²) in [5.74, 6) is -0.179. The molecule has 0 bridgehead atoms. The van der Waals surface area contributed by atoms with Crippen molar-refractivity contribution in [1.29, 1.82) is 0 Å². The zero-order valence-corrected chi connectivity index (χ0v) is 21.2. The number of fused-ring (bicyclic) bond motifs is 1. The Labute approximate surface area is 205 Å². The van der Waals surface area contributed by atoms with Crippen molar-refractivity contribution in [3.8, 4) is 0 Å². The molecule has 0 spiro atoms. The largest absolute Gasteiger partial charge is 0.349 e. The molecule has 6 heteroatoms. The lowest BCUT2D eigenvalue weighted by molar-refractivity contribution is -0.126. The van der Waals surface area contributed by atoms with Crippen LogP contribution in [-0.2, 0) is 34.1 Å². The fourth-order valence-electron chi connectivity index (χ4n) is 5.32.